The molecule has 2 aromatic carbocycles. The van der Waals surface area contributed by atoms with E-state index in [2.05, 4.69) is 65.6 Å². The lowest BCUT2D eigenvalue weighted by Gasteiger charge is -2.52. The van der Waals surface area contributed by atoms with E-state index in [1.54, 1.807) is 0 Å². The number of nitrogens with zero attached hydrogens (tertiary/aromatic N) is 1. The number of allylic oxidation sites excluding steroid dienone is 1. The fraction of sp³-hybridized carbons (Fsp3) is 0.417. The summed E-state index contributed by atoms with van der Waals surface area (Å²) in [5, 5.41) is 11.7. The first kappa shape index (κ1) is 16.3. The summed E-state index contributed by atoms with van der Waals surface area (Å²) in [6.45, 7) is 1.01. The number of aliphatic hydroxyl groups is 1. The van der Waals surface area contributed by atoms with Gasteiger partial charge in [0.1, 0.15) is 0 Å². The van der Waals surface area contributed by atoms with Crippen molar-refractivity contribution in [2.24, 2.45) is 0 Å². The molecule has 2 bridgehead atoms. The largest absolute Gasteiger partial charge is 0.385 e. The fourth-order valence-corrected chi connectivity index (χ4v) is 5.52. The van der Waals surface area contributed by atoms with Crippen LogP contribution in [-0.2, 0) is 18.6 Å². The van der Waals surface area contributed by atoms with Gasteiger partial charge in [0.05, 0.1) is 5.60 Å². The van der Waals surface area contributed by atoms with Crippen LogP contribution >= 0.6 is 0 Å². The van der Waals surface area contributed by atoms with E-state index in [-0.39, 0.29) is 0 Å². The second kappa shape index (κ2) is 6.37. The molecule has 2 aliphatic heterocycles. The number of hydrogen-bond donors (Lipinski definition) is 1. The Hall–Kier alpha value is -1.90. The quantitative estimate of drug-likeness (QED) is 0.874. The summed E-state index contributed by atoms with van der Waals surface area (Å²) in [7, 11) is 0. The summed E-state index contributed by atoms with van der Waals surface area (Å²) in [4.78, 5) is 2.68. The van der Waals surface area contributed by atoms with Crippen molar-refractivity contribution in [1.82, 2.24) is 4.90 Å². The predicted octanol–water partition coefficient (Wildman–Crippen LogP) is 4.66. The van der Waals surface area contributed by atoms with E-state index < -0.39 is 5.60 Å². The minimum atomic E-state index is -0.666. The Labute approximate surface area is 156 Å². The minimum absolute atomic E-state index is 0.484. The molecule has 0 spiro atoms. The lowest BCUT2D eigenvalue weighted by Crippen LogP contribution is -2.56. The summed E-state index contributed by atoms with van der Waals surface area (Å²) < 4.78 is 0. The summed E-state index contributed by atoms with van der Waals surface area (Å²) in [5.41, 5.74) is 4.56. The third-order valence-electron chi connectivity index (χ3n) is 6.70. The van der Waals surface area contributed by atoms with Gasteiger partial charge in [-0.25, -0.2) is 0 Å². The number of fused-ring (bicyclic) bond motifs is 3. The molecule has 2 fully saturated rings. The fourth-order valence-electron chi connectivity index (χ4n) is 5.52. The van der Waals surface area contributed by atoms with Crippen molar-refractivity contribution in [2.45, 2.75) is 62.8 Å². The highest BCUT2D eigenvalue weighted by Gasteiger charge is 2.47. The molecule has 0 saturated carbocycles. The van der Waals surface area contributed by atoms with Crippen LogP contribution in [0.5, 0.6) is 0 Å². The van der Waals surface area contributed by atoms with Gasteiger partial charge in [-0.1, -0.05) is 67.1 Å². The molecule has 0 amide bonds. The van der Waals surface area contributed by atoms with Crippen LogP contribution in [0.2, 0.25) is 0 Å². The van der Waals surface area contributed by atoms with Gasteiger partial charge in [0.25, 0.3) is 0 Å². The molecule has 5 rings (SSSR count). The lowest BCUT2D eigenvalue weighted by atomic mass is 9.71. The molecule has 0 radical (unpaired) electrons. The van der Waals surface area contributed by atoms with Crippen LogP contribution in [0.25, 0.3) is 6.08 Å². The van der Waals surface area contributed by atoms with Crippen LogP contribution in [0.4, 0.5) is 0 Å². The molecule has 2 heteroatoms. The molecule has 26 heavy (non-hydrogen) atoms. The Morgan fingerprint density at radius 2 is 1.73 bits per heavy atom. The van der Waals surface area contributed by atoms with Gasteiger partial charge in [-0.05, 0) is 54.4 Å². The standard InChI is InChI=1S/C24H27NO/c26-24(23-14-5-10-19-9-4-13-22(19)23)15-20-11-6-12-21(16-24)25(20)17-18-7-2-1-3-8-18/h1-5,7-10,14,20-21,26H,6,11-13,15-17H2. The number of hydrogen-bond acceptors (Lipinski definition) is 2. The van der Waals surface area contributed by atoms with Crippen LogP contribution in [0.15, 0.2) is 54.6 Å². The van der Waals surface area contributed by atoms with Gasteiger partial charge in [-0.15, -0.1) is 0 Å². The first-order valence-electron chi connectivity index (χ1n) is 10.0. The Bertz CT molecular complexity index is 811. The van der Waals surface area contributed by atoms with E-state index in [9.17, 15) is 5.11 Å². The Kier molecular flexibility index (Phi) is 3.99. The van der Waals surface area contributed by atoms with Gasteiger partial charge in [0.2, 0.25) is 0 Å². The second-order valence-corrected chi connectivity index (χ2v) is 8.32. The van der Waals surface area contributed by atoms with Gasteiger partial charge >= 0.3 is 0 Å². The molecule has 3 aliphatic rings. The highest BCUT2D eigenvalue weighted by atomic mass is 16.3. The average molecular weight is 345 g/mol. The summed E-state index contributed by atoms with van der Waals surface area (Å²) >= 11 is 0. The van der Waals surface area contributed by atoms with E-state index >= 15 is 0 Å². The maximum Gasteiger partial charge on any atom is 0.0929 e. The zero-order valence-electron chi connectivity index (χ0n) is 15.3. The van der Waals surface area contributed by atoms with Crippen molar-refractivity contribution in [3.8, 4) is 0 Å². The van der Waals surface area contributed by atoms with Crippen LogP contribution in [0, 0.1) is 0 Å². The van der Waals surface area contributed by atoms with E-state index in [4.69, 9.17) is 0 Å². The summed E-state index contributed by atoms with van der Waals surface area (Å²) in [6.07, 6.45) is 10.8. The van der Waals surface area contributed by atoms with Gasteiger partial charge < -0.3 is 5.11 Å². The van der Waals surface area contributed by atoms with Gasteiger partial charge in [0.15, 0.2) is 0 Å². The zero-order chi connectivity index (χ0) is 17.6. The molecule has 0 aromatic heterocycles. The lowest BCUT2D eigenvalue weighted by molar-refractivity contribution is -0.100. The summed E-state index contributed by atoms with van der Waals surface area (Å²) in [6, 6.07) is 18.2. The topological polar surface area (TPSA) is 23.5 Å². The second-order valence-electron chi connectivity index (χ2n) is 8.32. The van der Waals surface area contributed by atoms with E-state index in [0.29, 0.717) is 12.1 Å². The highest BCUT2D eigenvalue weighted by molar-refractivity contribution is 5.62. The highest BCUT2D eigenvalue weighted by Crippen LogP contribution is 2.46. The SMILES string of the molecule is OC1(c2cccc3c2CC=C3)CC2CCCC(C1)N2Cc1ccccc1. The predicted molar refractivity (Wildman–Crippen MR) is 106 cm³/mol. The van der Waals surface area contributed by atoms with Crippen molar-refractivity contribution in [1.29, 1.82) is 0 Å². The molecular formula is C24H27NO. The molecule has 2 atom stereocenters. The zero-order valence-corrected chi connectivity index (χ0v) is 15.3. The maximum atomic E-state index is 11.7. The number of benzene rings is 2. The Morgan fingerprint density at radius 1 is 0.962 bits per heavy atom. The first-order chi connectivity index (χ1) is 12.7. The molecule has 1 aliphatic carbocycles. The van der Waals surface area contributed by atoms with Crippen LogP contribution in [0.1, 0.15) is 54.4 Å². The smallest absolute Gasteiger partial charge is 0.0929 e. The van der Waals surface area contributed by atoms with Crippen LogP contribution in [0.3, 0.4) is 0 Å². The Morgan fingerprint density at radius 3 is 2.50 bits per heavy atom. The van der Waals surface area contributed by atoms with Crippen molar-refractivity contribution in [3.63, 3.8) is 0 Å². The molecule has 2 heterocycles. The molecule has 2 nitrogen and oxygen atoms in total. The van der Waals surface area contributed by atoms with Gasteiger partial charge in [0, 0.05) is 18.6 Å². The molecule has 2 aromatic rings. The van der Waals surface area contributed by atoms with E-state index in [0.717, 1.165) is 25.8 Å². The Balaban J connectivity index is 1.44. The van der Waals surface area contributed by atoms with Gasteiger partial charge in [-0.3, -0.25) is 4.90 Å². The molecule has 1 N–H and O–H groups in total. The van der Waals surface area contributed by atoms with Gasteiger partial charge in [-0.2, -0.15) is 0 Å². The third-order valence-corrected chi connectivity index (χ3v) is 6.70. The third kappa shape index (κ3) is 2.72. The van der Waals surface area contributed by atoms with Crippen molar-refractivity contribution >= 4 is 6.08 Å². The van der Waals surface area contributed by atoms with E-state index in [1.807, 2.05) is 0 Å². The van der Waals surface area contributed by atoms with E-state index in [1.165, 1.54) is 41.5 Å². The first-order valence-corrected chi connectivity index (χ1v) is 10.0. The minimum Gasteiger partial charge on any atom is -0.385 e. The van der Waals surface area contributed by atoms with Crippen molar-refractivity contribution in [2.75, 3.05) is 0 Å². The average Bonchev–Trinajstić information content (AvgIpc) is 3.12. The van der Waals surface area contributed by atoms with Crippen LogP contribution < -0.4 is 0 Å². The maximum absolute atomic E-state index is 11.7. The normalized spacial score (nSPS) is 30.3. The number of piperidine rings is 2. The number of rotatable bonds is 3. The molecule has 134 valence electrons. The van der Waals surface area contributed by atoms with Crippen molar-refractivity contribution in [3.05, 3.63) is 76.9 Å². The summed E-state index contributed by atoms with van der Waals surface area (Å²) in [5.74, 6) is 0. The van der Waals surface area contributed by atoms with Crippen LogP contribution in [-0.4, -0.2) is 22.1 Å². The molecular weight excluding hydrogens is 318 g/mol. The van der Waals surface area contributed by atoms with Crippen molar-refractivity contribution < 1.29 is 5.11 Å². The molecule has 2 unspecified atom stereocenters. The molecule has 2 saturated heterocycles. The monoisotopic (exact) mass is 345 g/mol.